The van der Waals surface area contributed by atoms with Crippen molar-refractivity contribution in [2.45, 2.75) is 32.8 Å². The molecule has 4 heteroatoms. The van der Waals surface area contributed by atoms with Crippen LogP contribution in [0.1, 0.15) is 27.2 Å². The number of carbonyl (C=O) groups excluding carboxylic acids is 1. The van der Waals surface area contributed by atoms with Crippen molar-refractivity contribution in [1.29, 1.82) is 0 Å². The van der Waals surface area contributed by atoms with E-state index in [1.54, 1.807) is 35.2 Å². The maximum atomic E-state index is 12.2. The Bertz CT molecular complexity index is 434. The average Bonchev–Trinajstić information content (AvgIpc) is 2.29. The van der Waals surface area contributed by atoms with Gasteiger partial charge in [0.25, 0.3) is 0 Å². The number of hydrogen-bond donors (Lipinski definition) is 0. The van der Waals surface area contributed by atoms with Crippen LogP contribution >= 0.6 is 11.6 Å². The van der Waals surface area contributed by atoms with Crippen LogP contribution in [0.15, 0.2) is 36.9 Å². The van der Waals surface area contributed by atoms with Crippen molar-refractivity contribution in [1.82, 2.24) is 0 Å². The average molecular weight is 282 g/mol. The summed E-state index contributed by atoms with van der Waals surface area (Å²) in [7, 11) is 0. The molecular weight excluding hydrogens is 262 g/mol. The minimum Gasteiger partial charge on any atom is -0.443 e. The minimum atomic E-state index is -0.518. The van der Waals surface area contributed by atoms with Crippen LogP contribution in [0, 0.1) is 0 Å². The number of hydrogen-bond acceptors (Lipinski definition) is 2. The highest BCUT2D eigenvalue weighted by molar-refractivity contribution is 6.30. The number of anilines is 1. The van der Waals surface area contributed by atoms with Gasteiger partial charge in [0.15, 0.2) is 0 Å². The zero-order chi connectivity index (χ0) is 14.5. The summed E-state index contributed by atoms with van der Waals surface area (Å²) < 4.78 is 5.40. The number of amides is 1. The maximum Gasteiger partial charge on any atom is 0.414 e. The van der Waals surface area contributed by atoms with E-state index in [1.807, 2.05) is 20.8 Å². The molecule has 1 aromatic rings. The monoisotopic (exact) mass is 281 g/mol. The molecule has 0 aromatic heterocycles. The van der Waals surface area contributed by atoms with Gasteiger partial charge in [0.2, 0.25) is 0 Å². The normalized spacial score (nSPS) is 10.9. The summed E-state index contributed by atoms with van der Waals surface area (Å²) in [6, 6.07) is 7.11. The van der Waals surface area contributed by atoms with Crippen LogP contribution in [0.3, 0.4) is 0 Å². The first-order valence-corrected chi connectivity index (χ1v) is 6.58. The summed E-state index contributed by atoms with van der Waals surface area (Å²) in [5.41, 5.74) is 0.246. The van der Waals surface area contributed by atoms with Crippen molar-refractivity contribution in [3.8, 4) is 0 Å². The van der Waals surface area contributed by atoms with Gasteiger partial charge >= 0.3 is 6.09 Å². The predicted octanol–water partition coefficient (Wildman–Crippen LogP) is 4.66. The summed E-state index contributed by atoms with van der Waals surface area (Å²) >= 11 is 5.86. The molecule has 0 radical (unpaired) electrons. The van der Waals surface area contributed by atoms with E-state index in [0.717, 1.165) is 5.69 Å². The van der Waals surface area contributed by atoms with Crippen molar-refractivity contribution in [3.63, 3.8) is 0 Å². The zero-order valence-electron chi connectivity index (χ0n) is 11.6. The first kappa shape index (κ1) is 15.6. The van der Waals surface area contributed by atoms with Gasteiger partial charge in [-0.1, -0.05) is 17.7 Å². The molecule has 1 aromatic carbocycles. The Morgan fingerprint density at radius 1 is 1.37 bits per heavy atom. The van der Waals surface area contributed by atoms with Crippen molar-refractivity contribution in [2.75, 3.05) is 11.4 Å². The highest BCUT2D eigenvalue weighted by Crippen LogP contribution is 2.21. The van der Waals surface area contributed by atoms with Crippen LogP contribution < -0.4 is 4.90 Å². The molecule has 104 valence electrons. The largest absolute Gasteiger partial charge is 0.443 e. The maximum absolute atomic E-state index is 12.2. The molecule has 0 aliphatic carbocycles. The van der Waals surface area contributed by atoms with Gasteiger partial charge in [0.05, 0.1) is 0 Å². The Balaban J connectivity index is 2.90. The fraction of sp³-hybridized carbons (Fsp3) is 0.400. The Morgan fingerprint density at radius 2 is 1.95 bits per heavy atom. The second-order valence-electron chi connectivity index (χ2n) is 5.19. The smallest absolute Gasteiger partial charge is 0.414 e. The second-order valence-corrected chi connectivity index (χ2v) is 5.62. The number of rotatable bonds is 4. The third-order valence-corrected chi connectivity index (χ3v) is 2.56. The van der Waals surface area contributed by atoms with Crippen LogP contribution in [0.25, 0.3) is 0 Å². The number of nitrogens with zero attached hydrogens (tertiary/aromatic N) is 1. The van der Waals surface area contributed by atoms with E-state index in [9.17, 15) is 4.79 Å². The molecule has 0 aliphatic rings. The molecule has 0 aliphatic heterocycles. The molecule has 0 saturated heterocycles. The first-order valence-electron chi connectivity index (χ1n) is 6.20. The van der Waals surface area contributed by atoms with E-state index in [1.165, 1.54) is 0 Å². The molecule has 0 heterocycles. The van der Waals surface area contributed by atoms with E-state index in [0.29, 0.717) is 18.0 Å². The first-order chi connectivity index (χ1) is 8.83. The molecule has 0 atom stereocenters. The Morgan fingerprint density at radius 3 is 2.42 bits per heavy atom. The third-order valence-electron chi connectivity index (χ3n) is 2.31. The lowest BCUT2D eigenvalue weighted by molar-refractivity contribution is 0.0581. The van der Waals surface area contributed by atoms with E-state index in [2.05, 4.69) is 6.58 Å². The lowest BCUT2D eigenvalue weighted by atomic mass is 10.2. The van der Waals surface area contributed by atoms with Crippen LogP contribution in [-0.4, -0.2) is 18.2 Å². The molecule has 0 spiro atoms. The Hall–Kier alpha value is -1.48. The van der Waals surface area contributed by atoms with Gasteiger partial charge in [0, 0.05) is 17.3 Å². The van der Waals surface area contributed by atoms with Gasteiger partial charge in [0.1, 0.15) is 5.60 Å². The van der Waals surface area contributed by atoms with Crippen LogP contribution in [0.2, 0.25) is 5.02 Å². The molecule has 0 fully saturated rings. The van der Waals surface area contributed by atoms with Crippen molar-refractivity contribution in [2.24, 2.45) is 0 Å². The molecule has 3 nitrogen and oxygen atoms in total. The van der Waals surface area contributed by atoms with E-state index in [-0.39, 0.29) is 6.09 Å². The number of benzene rings is 1. The number of halogens is 1. The molecule has 0 unspecified atom stereocenters. The molecular formula is C15H20ClNO2. The summed E-state index contributed by atoms with van der Waals surface area (Å²) in [6.07, 6.45) is 2.10. The highest BCUT2D eigenvalue weighted by Gasteiger charge is 2.22. The standard InChI is InChI=1S/C15H20ClNO2/c1-5-6-11-17(14(18)19-15(2,3)4)13-9-7-12(16)8-10-13/h5,7-10H,1,6,11H2,2-4H3. The lowest BCUT2D eigenvalue weighted by Crippen LogP contribution is -2.37. The van der Waals surface area contributed by atoms with Gasteiger partial charge in [-0.2, -0.15) is 0 Å². The van der Waals surface area contributed by atoms with Crippen molar-refractivity contribution < 1.29 is 9.53 Å². The lowest BCUT2D eigenvalue weighted by Gasteiger charge is -2.27. The molecule has 1 rings (SSSR count). The van der Waals surface area contributed by atoms with Crippen LogP contribution in [-0.2, 0) is 4.74 Å². The second kappa shape index (κ2) is 6.62. The fourth-order valence-corrected chi connectivity index (χ4v) is 1.61. The summed E-state index contributed by atoms with van der Waals surface area (Å²) in [6.45, 7) is 9.74. The highest BCUT2D eigenvalue weighted by atomic mass is 35.5. The van der Waals surface area contributed by atoms with Gasteiger partial charge in [-0.3, -0.25) is 4.90 Å². The Labute approximate surface area is 119 Å². The van der Waals surface area contributed by atoms with E-state index >= 15 is 0 Å². The summed E-state index contributed by atoms with van der Waals surface area (Å²) in [5, 5.41) is 0.636. The molecule has 1 amide bonds. The predicted molar refractivity (Wildman–Crippen MR) is 79.8 cm³/mol. The fourth-order valence-electron chi connectivity index (χ4n) is 1.48. The third kappa shape index (κ3) is 5.35. The minimum absolute atomic E-state index is 0.364. The van der Waals surface area contributed by atoms with Crippen molar-refractivity contribution in [3.05, 3.63) is 41.9 Å². The van der Waals surface area contributed by atoms with Crippen molar-refractivity contribution >= 4 is 23.4 Å². The van der Waals surface area contributed by atoms with E-state index in [4.69, 9.17) is 16.3 Å². The SMILES string of the molecule is C=CCCN(C(=O)OC(C)(C)C)c1ccc(Cl)cc1. The quantitative estimate of drug-likeness (QED) is 0.751. The van der Waals surface area contributed by atoms with Gasteiger partial charge in [-0.15, -0.1) is 6.58 Å². The molecule has 0 saturated carbocycles. The van der Waals surface area contributed by atoms with Gasteiger partial charge < -0.3 is 4.74 Å². The summed E-state index contributed by atoms with van der Waals surface area (Å²) in [5.74, 6) is 0. The molecule has 0 bridgehead atoms. The molecule has 19 heavy (non-hydrogen) atoms. The number of ether oxygens (including phenoxy) is 1. The van der Waals surface area contributed by atoms with E-state index < -0.39 is 5.60 Å². The number of carbonyl (C=O) groups is 1. The zero-order valence-corrected chi connectivity index (χ0v) is 12.4. The Kier molecular flexibility index (Phi) is 5.43. The van der Waals surface area contributed by atoms with Gasteiger partial charge in [-0.25, -0.2) is 4.79 Å². The topological polar surface area (TPSA) is 29.5 Å². The summed E-state index contributed by atoms with van der Waals surface area (Å²) in [4.78, 5) is 13.8. The molecule has 0 N–H and O–H groups in total. The van der Waals surface area contributed by atoms with Crippen LogP contribution in [0.4, 0.5) is 10.5 Å². The van der Waals surface area contributed by atoms with Crippen LogP contribution in [0.5, 0.6) is 0 Å². The van der Waals surface area contributed by atoms with Gasteiger partial charge in [-0.05, 0) is 51.5 Å².